The molecule has 1 aliphatic heterocycles. The van der Waals surface area contributed by atoms with Gasteiger partial charge in [0, 0.05) is 30.2 Å². The van der Waals surface area contributed by atoms with Crippen molar-refractivity contribution in [3.05, 3.63) is 78.3 Å². The summed E-state index contributed by atoms with van der Waals surface area (Å²) < 4.78 is 24.2. The Labute approximate surface area is 171 Å². The monoisotopic (exact) mass is 407 g/mol. The Morgan fingerprint density at radius 2 is 1.72 bits per heavy atom. The Hall–Kier alpha value is -3.71. The van der Waals surface area contributed by atoms with E-state index in [1.807, 2.05) is 35.0 Å². The Morgan fingerprint density at radius 3 is 2.55 bits per heavy atom. The molecule has 0 unspecified atom stereocenters. The molecule has 7 nitrogen and oxygen atoms in total. The highest BCUT2D eigenvalue weighted by atomic mass is 35.5. The van der Waals surface area contributed by atoms with Crippen LogP contribution < -0.4 is 18.9 Å². The molecular weight excluding hydrogens is 394 g/mol. The van der Waals surface area contributed by atoms with Gasteiger partial charge in [-0.2, -0.15) is 4.98 Å². The highest BCUT2D eigenvalue weighted by molar-refractivity contribution is 6.31. The van der Waals surface area contributed by atoms with Crippen molar-refractivity contribution in [3.63, 3.8) is 0 Å². The quantitative estimate of drug-likeness (QED) is 0.451. The van der Waals surface area contributed by atoms with E-state index in [1.54, 1.807) is 42.9 Å². The predicted molar refractivity (Wildman–Crippen MR) is 106 cm³/mol. The molecule has 29 heavy (non-hydrogen) atoms. The Balaban J connectivity index is 1.34. The molecule has 2 aromatic carbocycles. The fraction of sp³-hybridized carbons (Fsp3) is 0.0476. The first-order chi connectivity index (χ1) is 14.2. The van der Waals surface area contributed by atoms with E-state index in [1.165, 1.54) is 0 Å². The van der Waals surface area contributed by atoms with Gasteiger partial charge in [0.15, 0.2) is 11.5 Å². The molecule has 2 aromatic heterocycles. The highest BCUT2D eigenvalue weighted by Gasteiger charge is 2.15. The zero-order valence-corrected chi connectivity index (χ0v) is 15.7. The van der Waals surface area contributed by atoms with E-state index in [0.717, 1.165) is 5.69 Å². The molecule has 0 spiro atoms. The molecular formula is C21H14ClN3O4. The predicted octanol–water partition coefficient (Wildman–Crippen LogP) is 5.23. The zero-order chi connectivity index (χ0) is 19.6. The summed E-state index contributed by atoms with van der Waals surface area (Å²) in [7, 11) is 0. The first-order valence-corrected chi connectivity index (χ1v) is 9.13. The highest BCUT2D eigenvalue weighted by Crippen LogP contribution is 2.37. The van der Waals surface area contributed by atoms with Crippen molar-refractivity contribution in [2.45, 2.75) is 0 Å². The molecule has 0 aliphatic carbocycles. The number of hydrogen-bond donors (Lipinski definition) is 0. The topological polar surface area (TPSA) is 67.6 Å². The molecule has 0 fully saturated rings. The SMILES string of the molecule is Clc1ccc(Oc2ccc3c(c2)OCO3)nc1Oc1ccc(-n2ccnc2)cc1. The third-order valence-electron chi connectivity index (χ3n) is 4.21. The summed E-state index contributed by atoms with van der Waals surface area (Å²) in [6.45, 7) is 0.204. The van der Waals surface area contributed by atoms with Crippen LogP contribution in [0, 0.1) is 0 Å². The Kier molecular flexibility index (Phi) is 4.42. The molecule has 0 radical (unpaired) electrons. The summed E-state index contributed by atoms with van der Waals surface area (Å²) in [5, 5.41) is 0.377. The number of nitrogens with zero attached hydrogens (tertiary/aromatic N) is 3. The van der Waals surface area contributed by atoms with Gasteiger partial charge in [-0.15, -0.1) is 0 Å². The largest absolute Gasteiger partial charge is 0.454 e. The van der Waals surface area contributed by atoms with Crippen molar-refractivity contribution in [2.24, 2.45) is 0 Å². The van der Waals surface area contributed by atoms with Crippen LogP contribution in [0.25, 0.3) is 5.69 Å². The maximum absolute atomic E-state index is 6.25. The molecule has 1 aliphatic rings. The average molecular weight is 408 g/mol. The minimum Gasteiger partial charge on any atom is -0.454 e. The van der Waals surface area contributed by atoms with E-state index in [4.69, 9.17) is 30.5 Å². The number of halogens is 1. The van der Waals surface area contributed by atoms with Gasteiger partial charge >= 0.3 is 0 Å². The van der Waals surface area contributed by atoms with E-state index >= 15 is 0 Å². The molecule has 0 atom stereocenters. The van der Waals surface area contributed by atoms with Gasteiger partial charge < -0.3 is 23.5 Å². The number of imidazole rings is 1. The van der Waals surface area contributed by atoms with E-state index < -0.39 is 0 Å². The van der Waals surface area contributed by atoms with Crippen LogP contribution >= 0.6 is 11.6 Å². The third kappa shape index (κ3) is 3.68. The maximum atomic E-state index is 6.25. The molecule has 0 amide bonds. The van der Waals surface area contributed by atoms with Crippen LogP contribution in [0.5, 0.6) is 34.8 Å². The molecule has 0 bridgehead atoms. The van der Waals surface area contributed by atoms with Gasteiger partial charge in [0.2, 0.25) is 18.6 Å². The molecule has 3 heterocycles. The second-order valence-corrected chi connectivity index (χ2v) is 6.53. The van der Waals surface area contributed by atoms with E-state index in [2.05, 4.69) is 9.97 Å². The van der Waals surface area contributed by atoms with E-state index in [0.29, 0.717) is 33.9 Å². The fourth-order valence-electron chi connectivity index (χ4n) is 2.81. The summed E-state index contributed by atoms with van der Waals surface area (Å²) in [4.78, 5) is 8.40. The van der Waals surface area contributed by atoms with E-state index in [-0.39, 0.29) is 12.7 Å². The Morgan fingerprint density at radius 1 is 0.897 bits per heavy atom. The first kappa shape index (κ1) is 17.4. The molecule has 5 rings (SSSR count). The maximum Gasteiger partial charge on any atom is 0.241 e. The summed E-state index contributed by atoms with van der Waals surface area (Å²) in [6, 6.07) is 16.1. The van der Waals surface area contributed by atoms with Gasteiger partial charge in [-0.25, -0.2) is 4.98 Å². The molecule has 8 heteroatoms. The van der Waals surface area contributed by atoms with Gasteiger partial charge in [0.05, 0.1) is 6.33 Å². The van der Waals surface area contributed by atoms with Crippen LogP contribution in [-0.2, 0) is 0 Å². The lowest BCUT2D eigenvalue weighted by Gasteiger charge is -2.10. The standard InChI is InChI=1S/C21H14ClN3O4/c22-17-6-8-20(28-16-5-7-18-19(11-16)27-13-26-18)24-21(17)29-15-3-1-14(2-4-15)25-10-9-23-12-25/h1-12H,13H2. The van der Waals surface area contributed by atoms with Crippen LogP contribution in [0.2, 0.25) is 5.02 Å². The van der Waals surface area contributed by atoms with Gasteiger partial charge in [0.1, 0.15) is 16.5 Å². The zero-order valence-electron chi connectivity index (χ0n) is 15.0. The minimum absolute atomic E-state index is 0.204. The third-order valence-corrected chi connectivity index (χ3v) is 4.50. The second-order valence-electron chi connectivity index (χ2n) is 6.12. The number of ether oxygens (including phenoxy) is 4. The summed E-state index contributed by atoms with van der Waals surface area (Å²) in [5.41, 5.74) is 0.966. The summed E-state index contributed by atoms with van der Waals surface area (Å²) >= 11 is 6.25. The van der Waals surface area contributed by atoms with Gasteiger partial charge in [-0.05, 0) is 42.5 Å². The number of aromatic nitrogens is 3. The summed E-state index contributed by atoms with van der Waals surface area (Å²) in [5.74, 6) is 3.08. The number of rotatable bonds is 5. The molecule has 144 valence electrons. The van der Waals surface area contributed by atoms with Crippen molar-refractivity contribution in [3.8, 4) is 40.4 Å². The van der Waals surface area contributed by atoms with Crippen LogP contribution in [0.4, 0.5) is 0 Å². The lowest BCUT2D eigenvalue weighted by Crippen LogP contribution is -1.94. The summed E-state index contributed by atoms with van der Waals surface area (Å²) in [6.07, 6.45) is 5.32. The van der Waals surface area contributed by atoms with Crippen molar-refractivity contribution >= 4 is 11.6 Å². The van der Waals surface area contributed by atoms with Crippen molar-refractivity contribution < 1.29 is 18.9 Å². The average Bonchev–Trinajstić information content (AvgIpc) is 3.43. The number of fused-ring (bicyclic) bond motifs is 1. The molecule has 0 saturated heterocycles. The van der Waals surface area contributed by atoms with Crippen LogP contribution in [0.3, 0.4) is 0 Å². The smallest absolute Gasteiger partial charge is 0.241 e. The first-order valence-electron chi connectivity index (χ1n) is 8.75. The van der Waals surface area contributed by atoms with Crippen LogP contribution in [0.1, 0.15) is 0 Å². The fourth-order valence-corrected chi connectivity index (χ4v) is 2.95. The van der Waals surface area contributed by atoms with Crippen LogP contribution in [-0.4, -0.2) is 21.3 Å². The van der Waals surface area contributed by atoms with Crippen LogP contribution in [0.15, 0.2) is 73.3 Å². The minimum atomic E-state index is 0.204. The van der Waals surface area contributed by atoms with Gasteiger partial charge in [-0.1, -0.05) is 11.6 Å². The van der Waals surface area contributed by atoms with Crippen molar-refractivity contribution in [2.75, 3.05) is 6.79 Å². The van der Waals surface area contributed by atoms with E-state index in [9.17, 15) is 0 Å². The number of hydrogen-bond acceptors (Lipinski definition) is 6. The normalized spacial score (nSPS) is 12.0. The van der Waals surface area contributed by atoms with Gasteiger partial charge in [-0.3, -0.25) is 0 Å². The molecule has 4 aromatic rings. The van der Waals surface area contributed by atoms with Crippen molar-refractivity contribution in [1.29, 1.82) is 0 Å². The molecule has 0 N–H and O–H groups in total. The number of benzene rings is 2. The lowest BCUT2D eigenvalue weighted by molar-refractivity contribution is 0.174. The molecule has 0 saturated carbocycles. The number of pyridine rings is 1. The Bertz CT molecular complexity index is 1150. The lowest BCUT2D eigenvalue weighted by atomic mass is 10.3. The van der Waals surface area contributed by atoms with Crippen molar-refractivity contribution in [1.82, 2.24) is 14.5 Å². The van der Waals surface area contributed by atoms with Gasteiger partial charge in [0.25, 0.3) is 0 Å². The second kappa shape index (κ2) is 7.37.